The van der Waals surface area contributed by atoms with E-state index in [0.717, 1.165) is 0 Å². The highest BCUT2D eigenvalue weighted by atomic mass is 16.4. The normalized spacial score (nSPS) is 11.0. The third-order valence-electron chi connectivity index (χ3n) is 3.43. The number of hydrogen-bond acceptors (Lipinski definition) is 8. The zero-order valence-electron chi connectivity index (χ0n) is 15.1. The molecule has 0 aliphatic rings. The van der Waals surface area contributed by atoms with Crippen LogP contribution in [0.5, 0.6) is 0 Å². The Labute approximate surface area is 156 Å². The monoisotopic (exact) mass is 392 g/mol. The van der Waals surface area contributed by atoms with Gasteiger partial charge >= 0.3 is 23.9 Å². The number of carboxylic acids is 4. The molecule has 0 spiro atoms. The molecule has 12 nitrogen and oxygen atoms in total. The van der Waals surface area contributed by atoms with Crippen LogP contribution in [0.15, 0.2) is 0 Å². The van der Waals surface area contributed by atoms with Crippen molar-refractivity contribution in [2.75, 3.05) is 65.4 Å². The summed E-state index contributed by atoms with van der Waals surface area (Å²) >= 11 is 0. The first kappa shape index (κ1) is 24.7. The maximum atomic E-state index is 10.9. The molecule has 0 saturated carbocycles. The molecule has 12 heteroatoms. The molecule has 6 N–H and O–H groups in total. The number of rotatable bonds is 18. The fraction of sp³-hybridized carbons (Fsp3) is 0.733. The molecule has 0 aliphatic carbocycles. The second-order valence-corrected chi connectivity index (χ2v) is 5.83. The van der Waals surface area contributed by atoms with Gasteiger partial charge in [-0.2, -0.15) is 0 Å². The quantitative estimate of drug-likeness (QED) is 0.135. The van der Waals surface area contributed by atoms with E-state index < -0.39 is 23.9 Å². The predicted octanol–water partition coefficient (Wildman–Crippen LogP) is -2.50. The summed E-state index contributed by atoms with van der Waals surface area (Å²) in [5.41, 5.74) is 0. The predicted molar refractivity (Wildman–Crippen MR) is 93.8 cm³/mol. The van der Waals surface area contributed by atoms with Crippen molar-refractivity contribution in [2.24, 2.45) is 0 Å². The van der Waals surface area contributed by atoms with Crippen molar-refractivity contribution in [1.82, 2.24) is 20.4 Å². The van der Waals surface area contributed by atoms with E-state index in [1.165, 1.54) is 0 Å². The van der Waals surface area contributed by atoms with Gasteiger partial charge in [0.15, 0.2) is 0 Å². The molecule has 156 valence electrons. The Morgan fingerprint density at radius 1 is 0.593 bits per heavy atom. The second kappa shape index (κ2) is 14.8. The lowest BCUT2D eigenvalue weighted by Crippen LogP contribution is -2.41. The van der Waals surface area contributed by atoms with E-state index in [0.29, 0.717) is 45.7 Å². The Morgan fingerprint density at radius 2 is 0.963 bits per heavy atom. The van der Waals surface area contributed by atoms with Gasteiger partial charge in [0, 0.05) is 39.3 Å². The van der Waals surface area contributed by atoms with E-state index in [2.05, 4.69) is 10.6 Å². The highest BCUT2D eigenvalue weighted by Gasteiger charge is 2.13. The van der Waals surface area contributed by atoms with Crippen molar-refractivity contribution >= 4 is 23.9 Å². The van der Waals surface area contributed by atoms with Crippen LogP contribution in [0.3, 0.4) is 0 Å². The van der Waals surface area contributed by atoms with Crippen LogP contribution in [-0.2, 0) is 19.2 Å². The van der Waals surface area contributed by atoms with Crippen LogP contribution in [0.25, 0.3) is 0 Å². The first-order chi connectivity index (χ1) is 12.7. The Kier molecular flexibility index (Phi) is 13.6. The first-order valence-electron chi connectivity index (χ1n) is 8.44. The molecule has 27 heavy (non-hydrogen) atoms. The van der Waals surface area contributed by atoms with Gasteiger partial charge in [0.05, 0.1) is 26.2 Å². The molecule has 0 rings (SSSR count). The maximum absolute atomic E-state index is 10.9. The summed E-state index contributed by atoms with van der Waals surface area (Å²) in [5.74, 6) is -4.01. The fourth-order valence-electron chi connectivity index (χ4n) is 2.31. The minimum absolute atomic E-state index is 0.201. The SMILES string of the molecule is O=C(O)CNCCN(CCCN(CCNCC(=O)O)CC(=O)O)CC(=O)O. The minimum atomic E-state index is -1.01. The Hall–Kier alpha value is -2.28. The van der Waals surface area contributed by atoms with E-state index in [-0.39, 0.29) is 26.2 Å². The van der Waals surface area contributed by atoms with E-state index in [9.17, 15) is 19.2 Å². The molecule has 0 radical (unpaired) electrons. The molecule has 0 aliphatic heterocycles. The molecule has 0 fully saturated rings. The summed E-state index contributed by atoms with van der Waals surface area (Å²) in [6, 6.07) is 0. The van der Waals surface area contributed by atoms with Crippen LogP contribution in [0.1, 0.15) is 6.42 Å². The van der Waals surface area contributed by atoms with Crippen molar-refractivity contribution < 1.29 is 39.6 Å². The van der Waals surface area contributed by atoms with Crippen molar-refractivity contribution in [2.45, 2.75) is 6.42 Å². The third kappa shape index (κ3) is 16.9. The third-order valence-corrected chi connectivity index (χ3v) is 3.43. The van der Waals surface area contributed by atoms with Gasteiger partial charge in [0.1, 0.15) is 0 Å². The van der Waals surface area contributed by atoms with E-state index in [1.807, 2.05) is 0 Å². The molecule has 0 aromatic heterocycles. The summed E-state index contributed by atoms with van der Waals surface area (Å²) in [6.07, 6.45) is 0.512. The van der Waals surface area contributed by atoms with Crippen molar-refractivity contribution in [3.63, 3.8) is 0 Å². The van der Waals surface area contributed by atoms with Gasteiger partial charge in [0.25, 0.3) is 0 Å². The van der Waals surface area contributed by atoms with Gasteiger partial charge in [-0.3, -0.25) is 29.0 Å². The Morgan fingerprint density at radius 3 is 1.26 bits per heavy atom. The standard InChI is InChI=1S/C15H28N4O8/c20-12(21)8-16-2-6-18(10-14(24)25)4-1-5-19(11-15(26)27)7-3-17-9-13(22)23/h16-17H,1-11H2,(H,20,21)(H,22,23)(H,24,25)(H,26,27). The lowest BCUT2D eigenvalue weighted by molar-refractivity contribution is -0.139. The van der Waals surface area contributed by atoms with Gasteiger partial charge in [-0.05, 0) is 6.42 Å². The van der Waals surface area contributed by atoms with Crippen molar-refractivity contribution in [1.29, 1.82) is 0 Å². The summed E-state index contributed by atoms with van der Waals surface area (Å²) in [6.45, 7) is 1.31. The first-order valence-corrected chi connectivity index (χ1v) is 8.44. The fourth-order valence-corrected chi connectivity index (χ4v) is 2.31. The van der Waals surface area contributed by atoms with Gasteiger partial charge in [-0.25, -0.2) is 0 Å². The molecule has 0 aromatic rings. The van der Waals surface area contributed by atoms with Gasteiger partial charge < -0.3 is 31.1 Å². The van der Waals surface area contributed by atoms with Crippen LogP contribution >= 0.6 is 0 Å². The molecule has 0 heterocycles. The number of carbonyl (C=O) groups is 4. The molecular formula is C15H28N4O8. The number of hydrogen-bond donors (Lipinski definition) is 6. The summed E-state index contributed by atoms with van der Waals surface area (Å²) in [4.78, 5) is 46.0. The summed E-state index contributed by atoms with van der Waals surface area (Å²) in [7, 11) is 0. The average molecular weight is 392 g/mol. The molecular weight excluding hydrogens is 364 g/mol. The second-order valence-electron chi connectivity index (χ2n) is 5.83. The molecule has 0 unspecified atom stereocenters. The van der Waals surface area contributed by atoms with E-state index in [4.69, 9.17) is 20.4 Å². The highest BCUT2D eigenvalue weighted by Crippen LogP contribution is 1.96. The number of aliphatic carboxylic acids is 4. The smallest absolute Gasteiger partial charge is 0.317 e. The number of nitrogens with one attached hydrogen (secondary N) is 2. The van der Waals surface area contributed by atoms with Crippen LogP contribution in [0, 0.1) is 0 Å². The molecule has 0 aromatic carbocycles. The van der Waals surface area contributed by atoms with Gasteiger partial charge in [-0.1, -0.05) is 0 Å². The van der Waals surface area contributed by atoms with Crippen molar-refractivity contribution in [3.05, 3.63) is 0 Å². The van der Waals surface area contributed by atoms with Gasteiger partial charge in [-0.15, -0.1) is 0 Å². The number of nitrogens with zero attached hydrogens (tertiary/aromatic N) is 2. The lowest BCUT2D eigenvalue weighted by Gasteiger charge is -2.24. The lowest BCUT2D eigenvalue weighted by atomic mass is 10.3. The maximum Gasteiger partial charge on any atom is 0.317 e. The summed E-state index contributed by atoms with van der Waals surface area (Å²) in [5, 5.41) is 40.4. The topological polar surface area (TPSA) is 180 Å². The van der Waals surface area contributed by atoms with E-state index >= 15 is 0 Å². The van der Waals surface area contributed by atoms with Crippen molar-refractivity contribution in [3.8, 4) is 0 Å². The average Bonchev–Trinajstić information content (AvgIpc) is 2.53. The minimum Gasteiger partial charge on any atom is -0.480 e. The summed E-state index contributed by atoms with van der Waals surface area (Å²) < 4.78 is 0. The van der Waals surface area contributed by atoms with Crippen LogP contribution in [0.4, 0.5) is 0 Å². The van der Waals surface area contributed by atoms with Gasteiger partial charge in [0.2, 0.25) is 0 Å². The zero-order chi connectivity index (χ0) is 20.7. The molecule has 0 bridgehead atoms. The zero-order valence-corrected chi connectivity index (χ0v) is 15.1. The molecule has 0 amide bonds. The molecule has 0 atom stereocenters. The molecule has 0 saturated heterocycles. The van der Waals surface area contributed by atoms with E-state index in [1.54, 1.807) is 9.80 Å². The highest BCUT2D eigenvalue weighted by molar-refractivity contribution is 5.70. The Balaban J connectivity index is 4.30. The number of carboxylic acid groups (broad SMARTS) is 4. The van der Waals surface area contributed by atoms with Crippen LogP contribution in [0.2, 0.25) is 0 Å². The van der Waals surface area contributed by atoms with Crippen LogP contribution < -0.4 is 10.6 Å². The van der Waals surface area contributed by atoms with Crippen LogP contribution in [-0.4, -0.2) is 120 Å². The Bertz CT molecular complexity index is 446. The largest absolute Gasteiger partial charge is 0.480 e.